The molecule has 1 aromatic carbocycles. The van der Waals surface area contributed by atoms with E-state index in [1.807, 2.05) is 17.5 Å². The standard InChI is InChI=1S/C20H17N7O2S/c28-19(17-7-3-9-30-17)25-15-5-1-6-16(10-15)26-20(29)23-11-14-4-2-8-22-18(14)27-13-21-12-24-27/h1-10,12-13H,11H2,(H,25,28)(H2,23,26,29). The van der Waals surface area contributed by atoms with Crippen molar-refractivity contribution < 1.29 is 9.59 Å². The first-order valence-electron chi connectivity index (χ1n) is 8.98. The summed E-state index contributed by atoms with van der Waals surface area (Å²) in [7, 11) is 0. The first-order valence-corrected chi connectivity index (χ1v) is 9.86. The minimum atomic E-state index is -0.384. The number of urea groups is 1. The molecule has 150 valence electrons. The van der Waals surface area contributed by atoms with Crippen LogP contribution < -0.4 is 16.0 Å². The Bertz CT molecular complexity index is 1140. The molecule has 0 radical (unpaired) electrons. The van der Waals surface area contributed by atoms with Crippen molar-refractivity contribution in [3.63, 3.8) is 0 Å². The van der Waals surface area contributed by atoms with Crippen molar-refractivity contribution in [2.24, 2.45) is 0 Å². The molecule has 0 aliphatic heterocycles. The number of rotatable bonds is 6. The molecule has 3 aromatic heterocycles. The number of anilines is 2. The average molecular weight is 419 g/mol. The normalized spacial score (nSPS) is 10.4. The Morgan fingerprint density at radius 1 is 1.03 bits per heavy atom. The number of amides is 3. The zero-order chi connectivity index (χ0) is 20.8. The summed E-state index contributed by atoms with van der Waals surface area (Å²) >= 11 is 1.36. The lowest BCUT2D eigenvalue weighted by molar-refractivity contribution is 0.103. The van der Waals surface area contributed by atoms with Gasteiger partial charge in [-0.3, -0.25) is 4.79 Å². The molecule has 3 heterocycles. The number of benzene rings is 1. The third kappa shape index (κ3) is 4.67. The minimum Gasteiger partial charge on any atom is -0.334 e. The molecule has 30 heavy (non-hydrogen) atoms. The molecule has 0 saturated carbocycles. The van der Waals surface area contributed by atoms with Gasteiger partial charge in [-0.1, -0.05) is 18.2 Å². The Balaban J connectivity index is 1.37. The number of nitrogens with zero attached hydrogens (tertiary/aromatic N) is 4. The molecular weight excluding hydrogens is 402 g/mol. The number of pyridine rings is 1. The van der Waals surface area contributed by atoms with Crippen molar-refractivity contribution >= 4 is 34.6 Å². The molecule has 10 heteroatoms. The molecule has 4 aromatic rings. The van der Waals surface area contributed by atoms with Crippen molar-refractivity contribution in [3.05, 3.63) is 83.2 Å². The second-order valence-corrected chi connectivity index (χ2v) is 7.09. The molecule has 0 bridgehead atoms. The molecule has 3 amide bonds. The lowest BCUT2D eigenvalue weighted by Crippen LogP contribution is -2.28. The molecular formula is C20H17N7O2S. The molecule has 4 rings (SSSR count). The number of carbonyl (C=O) groups is 2. The van der Waals surface area contributed by atoms with E-state index in [0.717, 1.165) is 5.56 Å². The van der Waals surface area contributed by atoms with E-state index < -0.39 is 0 Å². The maximum Gasteiger partial charge on any atom is 0.319 e. The topological polar surface area (TPSA) is 114 Å². The van der Waals surface area contributed by atoms with Gasteiger partial charge in [-0.05, 0) is 35.7 Å². The Morgan fingerprint density at radius 3 is 2.67 bits per heavy atom. The number of hydrogen-bond donors (Lipinski definition) is 3. The van der Waals surface area contributed by atoms with Crippen LogP contribution >= 0.6 is 11.3 Å². The van der Waals surface area contributed by atoms with E-state index in [1.54, 1.807) is 48.9 Å². The fourth-order valence-electron chi connectivity index (χ4n) is 2.72. The van der Waals surface area contributed by atoms with Crippen LogP contribution in [0.15, 0.2) is 72.8 Å². The summed E-state index contributed by atoms with van der Waals surface area (Å²) in [6, 6.07) is 13.8. The van der Waals surface area contributed by atoms with Crippen LogP contribution in [0.2, 0.25) is 0 Å². The monoisotopic (exact) mass is 419 g/mol. The van der Waals surface area contributed by atoms with Gasteiger partial charge in [0.15, 0.2) is 5.82 Å². The van der Waals surface area contributed by atoms with Crippen LogP contribution in [-0.2, 0) is 6.54 Å². The third-order valence-corrected chi connectivity index (χ3v) is 4.93. The molecule has 0 fully saturated rings. The van der Waals surface area contributed by atoms with Gasteiger partial charge >= 0.3 is 6.03 Å². The van der Waals surface area contributed by atoms with Crippen molar-refractivity contribution in [2.75, 3.05) is 10.6 Å². The lowest BCUT2D eigenvalue weighted by Gasteiger charge is -2.11. The summed E-state index contributed by atoms with van der Waals surface area (Å²) in [5.74, 6) is 0.400. The summed E-state index contributed by atoms with van der Waals surface area (Å²) in [5, 5.41) is 14.3. The zero-order valence-electron chi connectivity index (χ0n) is 15.6. The number of aromatic nitrogens is 4. The fraction of sp³-hybridized carbons (Fsp3) is 0.0500. The first kappa shape index (κ1) is 19.3. The van der Waals surface area contributed by atoms with E-state index in [-0.39, 0.29) is 18.5 Å². The molecule has 0 atom stereocenters. The number of hydrogen-bond acceptors (Lipinski definition) is 6. The van der Waals surface area contributed by atoms with Crippen molar-refractivity contribution in [3.8, 4) is 5.82 Å². The third-order valence-electron chi connectivity index (χ3n) is 4.07. The highest BCUT2D eigenvalue weighted by molar-refractivity contribution is 7.12. The second kappa shape index (κ2) is 8.97. The summed E-state index contributed by atoms with van der Waals surface area (Å²) < 4.78 is 1.54. The van der Waals surface area contributed by atoms with Gasteiger partial charge < -0.3 is 16.0 Å². The molecule has 0 spiro atoms. The lowest BCUT2D eigenvalue weighted by atomic mass is 10.2. The quantitative estimate of drug-likeness (QED) is 0.444. The highest BCUT2D eigenvalue weighted by Crippen LogP contribution is 2.17. The van der Waals surface area contributed by atoms with Gasteiger partial charge in [-0.15, -0.1) is 11.3 Å². The van der Waals surface area contributed by atoms with Crippen LogP contribution in [0, 0.1) is 0 Å². The van der Waals surface area contributed by atoms with Gasteiger partial charge in [-0.2, -0.15) is 5.10 Å². The van der Waals surface area contributed by atoms with Crippen LogP contribution in [0.1, 0.15) is 15.2 Å². The predicted octanol–water partition coefficient (Wildman–Crippen LogP) is 3.30. The summed E-state index contributed by atoms with van der Waals surface area (Å²) in [6.45, 7) is 0.254. The van der Waals surface area contributed by atoms with Crippen LogP contribution in [0.3, 0.4) is 0 Å². The summed E-state index contributed by atoms with van der Waals surface area (Å²) in [5.41, 5.74) is 1.93. The van der Waals surface area contributed by atoms with Gasteiger partial charge in [0.2, 0.25) is 0 Å². The van der Waals surface area contributed by atoms with Crippen molar-refractivity contribution in [1.29, 1.82) is 0 Å². The average Bonchev–Trinajstić information content (AvgIpc) is 3.47. The molecule has 0 aliphatic carbocycles. The van der Waals surface area contributed by atoms with E-state index >= 15 is 0 Å². The minimum absolute atomic E-state index is 0.191. The summed E-state index contributed by atoms with van der Waals surface area (Å²) in [6.07, 6.45) is 4.61. The fourth-order valence-corrected chi connectivity index (χ4v) is 3.34. The smallest absolute Gasteiger partial charge is 0.319 e. The Kier molecular flexibility index (Phi) is 5.76. The summed E-state index contributed by atoms with van der Waals surface area (Å²) in [4.78, 5) is 33.3. The van der Waals surface area contributed by atoms with Gasteiger partial charge in [-0.25, -0.2) is 19.4 Å². The van der Waals surface area contributed by atoms with Crippen LogP contribution in [0.25, 0.3) is 5.82 Å². The van der Waals surface area contributed by atoms with E-state index in [9.17, 15) is 9.59 Å². The largest absolute Gasteiger partial charge is 0.334 e. The maximum absolute atomic E-state index is 12.3. The van der Waals surface area contributed by atoms with E-state index in [0.29, 0.717) is 22.1 Å². The number of carbonyl (C=O) groups excluding carboxylic acids is 2. The molecule has 0 unspecified atom stereocenters. The van der Waals surface area contributed by atoms with E-state index in [1.165, 1.54) is 22.3 Å². The van der Waals surface area contributed by atoms with Gasteiger partial charge in [0.25, 0.3) is 5.91 Å². The molecule has 0 aliphatic rings. The SMILES string of the molecule is O=C(NCc1cccnc1-n1cncn1)Nc1cccc(NC(=O)c2cccs2)c1. The van der Waals surface area contributed by atoms with Gasteiger partial charge in [0, 0.05) is 29.7 Å². The van der Waals surface area contributed by atoms with Crippen molar-refractivity contribution in [2.45, 2.75) is 6.54 Å². The number of nitrogens with one attached hydrogen (secondary N) is 3. The Morgan fingerprint density at radius 2 is 1.90 bits per heavy atom. The second-order valence-electron chi connectivity index (χ2n) is 6.15. The zero-order valence-corrected chi connectivity index (χ0v) is 16.5. The molecule has 9 nitrogen and oxygen atoms in total. The van der Waals surface area contributed by atoms with Crippen molar-refractivity contribution in [1.82, 2.24) is 25.1 Å². The van der Waals surface area contributed by atoms with E-state index in [4.69, 9.17) is 0 Å². The van der Waals surface area contributed by atoms with Crippen LogP contribution in [0.5, 0.6) is 0 Å². The highest BCUT2D eigenvalue weighted by Gasteiger charge is 2.10. The van der Waals surface area contributed by atoms with E-state index in [2.05, 4.69) is 31.0 Å². The van der Waals surface area contributed by atoms with Crippen LogP contribution in [-0.4, -0.2) is 31.7 Å². The van der Waals surface area contributed by atoms with Gasteiger partial charge in [0.1, 0.15) is 12.7 Å². The maximum atomic E-state index is 12.3. The first-order chi connectivity index (χ1) is 14.7. The predicted molar refractivity (Wildman–Crippen MR) is 114 cm³/mol. The molecule has 3 N–H and O–H groups in total. The van der Waals surface area contributed by atoms with Crippen LogP contribution in [0.4, 0.5) is 16.2 Å². The highest BCUT2D eigenvalue weighted by atomic mass is 32.1. The van der Waals surface area contributed by atoms with Gasteiger partial charge in [0.05, 0.1) is 4.88 Å². The Hall–Kier alpha value is -4.05. The Labute approximate surface area is 175 Å². The number of thiophene rings is 1. The molecule has 0 saturated heterocycles.